The average Bonchev–Trinajstić information content (AvgIpc) is 2.20. The Labute approximate surface area is 89.9 Å². The van der Waals surface area contributed by atoms with E-state index >= 15 is 0 Å². The second kappa shape index (κ2) is 4.03. The van der Waals surface area contributed by atoms with E-state index in [-0.39, 0.29) is 18.0 Å². The molecule has 0 aromatic heterocycles. The summed E-state index contributed by atoms with van der Waals surface area (Å²) in [4.78, 5) is 11.7. The smallest absolute Gasteiger partial charge is 0.241 e. The summed E-state index contributed by atoms with van der Waals surface area (Å²) >= 11 is 0. The number of rotatable bonds is 1. The van der Waals surface area contributed by atoms with Gasteiger partial charge in [0.1, 0.15) is 6.04 Å². The molecule has 3 heteroatoms. The second-order valence-electron chi connectivity index (χ2n) is 4.16. The minimum absolute atomic E-state index is 0.0672. The van der Waals surface area contributed by atoms with E-state index in [2.05, 4.69) is 10.6 Å². The van der Waals surface area contributed by atoms with E-state index in [4.69, 9.17) is 0 Å². The highest BCUT2D eigenvalue weighted by molar-refractivity contribution is 5.84. The number of aryl methyl sites for hydroxylation is 1. The Morgan fingerprint density at radius 1 is 1.27 bits per heavy atom. The fraction of sp³-hybridized carbons (Fsp3) is 0.417. The summed E-state index contributed by atoms with van der Waals surface area (Å²) < 4.78 is 0. The van der Waals surface area contributed by atoms with Gasteiger partial charge in [-0.25, -0.2) is 0 Å². The van der Waals surface area contributed by atoms with Crippen molar-refractivity contribution in [2.24, 2.45) is 0 Å². The van der Waals surface area contributed by atoms with Gasteiger partial charge in [-0.2, -0.15) is 0 Å². The molecule has 0 aliphatic carbocycles. The highest BCUT2D eigenvalue weighted by Crippen LogP contribution is 2.16. The minimum atomic E-state index is -0.193. The molecule has 1 aliphatic rings. The van der Waals surface area contributed by atoms with Crippen LogP contribution in [-0.4, -0.2) is 18.5 Å². The van der Waals surface area contributed by atoms with Crippen LogP contribution in [0.4, 0.5) is 0 Å². The van der Waals surface area contributed by atoms with Crippen LogP contribution in [0.2, 0.25) is 0 Å². The van der Waals surface area contributed by atoms with Gasteiger partial charge >= 0.3 is 0 Å². The van der Waals surface area contributed by atoms with Gasteiger partial charge in [0.15, 0.2) is 0 Å². The van der Waals surface area contributed by atoms with E-state index in [0.29, 0.717) is 0 Å². The standard InChI is InChI=1S/C12H16N2O/c1-8-3-5-10(6-4-8)11-12(15)14-9(2)7-13-11/h3-6,9,11,13H,7H2,1-2H3,(H,14,15)/t9-,11+/m1/s1. The molecule has 2 N–H and O–H groups in total. The molecule has 1 aromatic rings. The third kappa shape index (κ3) is 2.18. The van der Waals surface area contributed by atoms with Crippen LogP contribution >= 0.6 is 0 Å². The molecule has 80 valence electrons. The Morgan fingerprint density at radius 2 is 1.93 bits per heavy atom. The normalized spacial score (nSPS) is 26.1. The molecule has 2 rings (SSSR count). The molecule has 1 heterocycles. The molecule has 1 aromatic carbocycles. The number of carbonyl (C=O) groups is 1. The Morgan fingerprint density at radius 3 is 2.53 bits per heavy atom. The van der Waals surface area contributed by atoms with E-state index in [1.807, 2.05) is 38.1 Å². The van der Waals surface area contributed by atoms with Gasteiger partial charge in [0.25, 0.3) is 0 Å². The molecule has 1 aliphatic heterocycles. The Hall–Kier alpha value is -1.35. The third-order valence-electron chi connectivity index (χ3n) is 2.69. The molecule has 0 radical (unpaired) electrons. The molecule has 1 saturated heterocycles. The Kier molecular flexibility index (Phi) is 2.73. The van der Waals surface area contributed by atoms with E-state index in [1.54, 1.807) is 0 Å². The van der Waals surface area contributed by atoms with Gasteiger partial charge in [0, 0.05) is 12.6 Å². The van der Waals surface area contributed by atoms with Crippen LogP contribution in [0.1, 0.15) is 24.1 Å². The maximum absolute atomic E-state index is 11.7. The molecule has 0 unspecified atom stereocenters. The average molecular weight is 204 g/mol. The molecule has 1 fully saturated rings. The van der Waals surface area contributed by atoms with Crippen LogP contribution in [0, 0.1) is 6.92 Å². The first-order chi connectivity index (χ1) is 7.16. The van der Waals surface area contributed by atoms with Gasteiger partial charge in [0.05, 0.1) is 0 Å². The van der Waals surface area contributed by atoms with Gasteiger partial charge in [-0.05, 0) is 19.4 Å². The van der Waals surface area contributed by atoms with Crippen molar-refractivity contribution >= 4 is 5.91 Å². The summed E-state index contributed by atoms with van der Waals surface area (Å²) in [7, 11) is 0. The molecule has 15 heavy (non-hydrogen) atoms. The van der Waals surface area contributed by atoms with Crippen molar-refractivity contribution in [2.75, 3.05) is 6.54 Å². The van der Waals surface area contributed by atoms with Crippen molar-refractivity contribution in [1.82, 2.24) is 10.6 Å². The van der Waals surface area contributed by atoms with Crippen molar-refractivity contribution in [3.05, 3.63) is 35.4 Å². The Balaban J connectivity index is 2.17. The maximum atomic E-state index is 11.7. The Bertz CT molecular complexity index is 358. The quantitative estimate of drug-likeness (QED) is 0.720. The zero-order chi connectivity index (χ0) is 10.8. The summed E-state index contributed by atoms with van der Waals surface area (Å²) in [5.41, 5.74) is 2.24. The second-order valence-corrected chi connectivity index (χ2v) is 4.16. The monoisotopic (exact) mass is 204 g/mol. The molecule has 0 bridgehead atoms. The van der Waals surface area contributed by atoms with Crippen LogP contribution in [0.15, 0.2) is 24.3 Å². The predicted molar refractivity (Wildman–Crippen MR) is 59.5 cm³/mol. The maximum Gasteiger partial charge on any atom is 0.241 e. The van der Waals surface area contributed by atoms with Crippen molar-refractivity contribution in [3.63, 3.8) is 0 Å². The predicted octanol–water partition coefficient (Wildman–Crippen LogP) is 1.14. The number of benzene rings is 1. The molecular formula is C12H16N2O. The number of hydrogen-bond donors (Lipinski definition) is 2. The lowest BCUT2D eigenvalue weighted by Crippen LogP contribution is -2.52. The molecule has 0 saturated carbocycles. The van der Waals surface area contributed by atoms with Gasteiger partial charge in [-0.15, -0.1) is 0 Å². The lowest BCUT2D eigenvalue weighted by Gasteiger charge is -2.28. The first kappa shape index (κ1) is 10.2. The lowest BCUT2D eigenvalue weighted by molar-refractivity contribution is -0.125. The first-order valence-electron chi connectivity index (χ1n) is 5.27. The van der Waals surface area contributed by atoms with Crippen molar-refractivity contribution < 1.29 is 4.79 Å². The lowest BCUT2D eigenvalue weighted by atomic mass is 10.0. The molecular weight excluding hydrogens is 188 g/mol. The molecule has 2 atom stereocenters. The summed E-state index contributed by atoms with van der Waals surface area (Å²) in [6, 6.07) is 8.09. The van der Waals surface area contributed by atoms with E-state index in [1.165, 1.54) is 5.56 Å². The van der Waals surface area contributed by atoms with Crippen LogP contribution in [0.3, 0.4) is 0 Å². The highest BCUT2D eigenvalue weighted by atomic mass is 16.2. The summed E-state index contributed by atoms with van der Waals surface area (Å²) in [5, 5.41) is 6.18. The summed E-state index contributed by atoms with van der Waals surface area (Å²) in [6.07, 6.45) is 0. The number of hydrogen-bond acceptors (Lipinski definition) is 2. The molecule has 1 amide bonds. The van der Waals surface area contributed by atoms with Crippen molar-refractivity contribution in [2.45, 2.75) is 25.9 Å². The largest absolute Gasteiger partial charge is 0.351 e. The van der Waals surface area contributed by atoms with Crippen molar-refractivity contribution in [1.29, 1.82) is 0 Å². The fourth-order valence-corrected chi connectivity index (χ4v) is 1.79. The summed E-state index contributed by atoms with van der Waals surface area (Å²) in [5.74, 6) is 0.0672. The van der Waals surface area contributed by atoms with Crippen LogP contribution < -0.4 is 10.6 Å². The van der Waals surface area contributed by atoms with Gasteiger partial charge in [0.2, 0.25) is 5.91 Å². The van der Waals surface area contributed by atoms with E-state index in [0.717, 1.165) is 12.1 Å². The van der Waals surface area contributed by atoms with Gasteiger partial charge in [-0.1, -0.05) is 29.8 Å². The van der Waals surface area contributed by atoms with Gasteiger partial charge < -0.3 is 10.6 Å². The van der Waals surface area contributed by atoms with E-state index < -0.39 is 0 Å². The fourth-order valence-electron chi connectivity index (χ4n) is 1.79. The SMILES string of the molecule is Cc1ccc([C@@H]2NC[C@@H](C)NC2=O)cc1. The topological polar surface area (TPSA) is 41.1 Å². The minimum Gasteiger partial charge on any atom is -0.351 e. The third-order valence-corrected chi connectivity index (χ3v) is 2.69. The van der Waals surface area contributed by atoms with Crippen LogP contribution in [-0.2, 0) is 4.79 Å². The number of piperazine rings is 1. The van der Waals surface area contributed by atoms with Crippen molar-refractivity contribution in [3.8, 4) is 0 Å². The first-order valence-corrected chi connectivity index (χ1v) is 5.27. The van der Waals surface area contributed by atoms with Gasteiger partial charge in [-0.3, -0.25) is 4.79 Å². The number of carbonyl (C=O) groups excluding carboxylic acids is 1. The zero-order valence-corrected chi connectivity index (χ0v) is 9.08. The van der Waals surface area contributed by atoms with Crippen LogP contribution in [0.25, 0.3) is 0 Å². The highest BCUT2D eigenvalue weighted by Gasteiger charge is 2.26. The zero-order valence-electron chi connectivity index (χ0n) is 9.08. The number of amides is 1. The molecule has 0 spiro atoms. The van der Waals surface area contributed by atoms with Crippen LogP contribution in [0.5, 0.6) is 0 Å². The van der Waals surface area contributed by atoms with E-state index in [9.17, 15) is 4.79 Å². The summed E-state index contributed by atoms with van der Waals surface area (Å²) in [6.45, 7) is 4.86. The number of nitrogens with one attached hydrogen (secondary N) is 2. The molecule has 3 nitrogen and oxygen atoms in total.